The van der Waals surface area contributed by atoms with Gasteiger partial charge in [0.15, 0.2) is 0 Å². The van der Waals surface area contributed by atoms with Gasteiger partial charge in [-0.25, -0.2) is 13.6 Å². The first-order valence-electron chi connectivity index (χ1n) is 7.99. The van der Waals surface area contributed by atoms with Crippen LogP contribution in [-0.4, -0.2) is 29.0 Å². The van der Waals surface area contributed by atoms with Crippen LogP contribution in [0, 0.1) is 17.6 Å². The normalized spacial score (nSPS) is 15.4. The molecule has 2 amide bonds. The van der Waals surface area contributed by atoms with E-state index in [4.69, 9.17) is 0 Å². The Balaban J connectivity index is 1.77. The fourth-order valence-electron chi connectivity index (χ4n) is 2.80. The summed E-state index contributed by atoms with van der Waals surface area (Å²) in [5.74, 6) is -0.400. The van der Waals surface area contributed by atoms with E-state index in [1.807, 2.05) is 0 Å². The van der Waals surface area contributed by atoms with Gasteiger partial charge in [0.2, 0.25) is 0 Å². The molecule has 6 heteroatoms. The number of urea groups is 1. The lowest BCUT2D eigenvalue weighted by molar-refractivity contribution is 0.186. The van der Waals surface area contributed by atoms with Crippen molar-refractivity contribution >= 4 is 11.7 Å². The van der Waals surface area contributed by atoms with Crippen molar-refractivity contribution in [2.24, 2.45) is 5.92 Å². The number of piperidine rings is 1. The predicted molar refractivity (Wildman–Crippen MR) is 88.6 cm³/mol. The SMILES string of the molecule is CC1CCN(C(=O)Nc2ccc(F)c(-c3cncc(F)c3)c2)CC1. The third-order valence-electron chi connectivity index (χ3n) is 4.30. The van der Waals surface area contributed by atoms with E-state index in [9.17, 15) is 13.6 Å². The minimum atomic E-state index is -0.538. The average Bonchev–Trinajstić information content (AvgIpc) is 2.57. The Kier molecular flexibility index (Phi) is 4.74. The minimum absolute atomic E-state index is 0.197. The standard InChI is InChI=1S/C18H19F2N3O/c1-12-4-6-23(7-5-12)18(24)22-15-2-3-17(20)16(9-15)13-8-14(19)11-21-10-13/h2-3,8-12H,4-7H2,1H3,(H,22,24). The van der Waals surface area contributed by atoms with Crippen molar-refractivity contribution in [3.05, 3.63) is 48.3 Å². The number of aromatic nitrogens is 1. The summed E-state index contributed by atoms with van der Waals surface area (Å²) in [6.07, 6.45) is 4.41. The minimum Gasteiger partial charge on any atom is -0.325 e. The summed E-state index contributed by atoms with van der Waals surface area (Å²) in [5, 5.41) is 2.78. The number of nitrogens with one attached hydrogen (secondary N) is 1. The molecule has 0 radical (unpaired) electrons. The van der Waals surface area contributed by atoms with Crippen LogP contribution in [0.4, 0.5) is 19.3 Å². The van der Waals surface area contributed by atoms with Crippen molar-refractivity contribution in [3.8, 4) is 11.1 Å². The summed E-state index contributed by atoms with van der Waals surface area (Å²) in [4.78, 5) is 17.8. The lowest BCUT2D eigenvalue weighted by Crippen LogP contribution is -2.40. The first-order chi connectivity index (χ1) is 11.5. The van der Waals surface area contributed by atoms with Crippen LogP contribution in [0.1, 0.15) is 19.8 Å². The van der Waals surface area contributed by atoms with Crippen LogP contribution in [-0.2, 0) is 0 Å². The molecule has 0 saturated carbocycles. The number of pyridine rings is 1. The Morgan fingerprint density at radius 1 is 1.21 bits per heavy atom. The number of carbonyl (C=O) groups excluding carboxylic acids is 1. The Hall–Kier alpha value is -2.50. The van der Waals surface area contributed by atoms with Gasteiger partial charge in [-0.2, -0.15) is 0 Å². The highest BCUT2D eigenvalue weighted by Gasteiger charge is 2.20. The van der Waals surface area contributed by atoms with Gasteiger partial charge in [0.1, 0.15) is 11.6 Å². The third-order valence-corrected chi connectivity index (χ3v) is 4.30. The zero-order chi connectivity index (χ0) is 17.1. The van der Waals surface area contributed by atoms with Crippen LogP contribution in [0.15, 0.2) is 36.7 Å². The molecule has 2 aromatic rings. The van der Waals surface area contributed by atoms with E-state index in [-0.39, 0.29) is 11.6 Å². The first-order valence-corrected chi connectivity index (χ1v) is 7.99. The number of rotatable bonds is 2. The molecular formula is C18H19F2N3O. The van der Waals surface area contributed by atoms with E-state index in [1.165, 1.54) is 30.5 Å². The lowest BCUT2D eigenvalue weighted by atomic mass is 10.00. The first kappa shape index (κ1) is 16.4. The maximum absolute atomic E-state index is 14.0. The molecule has 0 aliphatic carbocycles. The monoisotopic (exact) mass is 331 g/mol. The number of hydrogen-bond donors (Lipinski definition) is 1. The summed E-state index contributed by atoms with van der Waals surface area (Å²) in [6, 6.07) is 5.26. The van der Waals surface area contributed by atoms with E-state index in [2.05, 4.69) is 17.2 Å². The Labute approximate surface area is 139 Å². The van der Waals surface area contributed by atoms with Gasteiger partial charge in [0.25, 0.3) is 0 Å². The number of halogens is 2. The number of likely N-dealkylation sites (tertiary alicyclic amines) is 1. The van der Waals surface area contributed by atoms with Gasteiger partial charge in [-0.15, -0.1) is 0 Å². The summed E-state index contributed by atoms with van der Waals surface area (Å²) in [5.41, 5.74) is 1.00. The largest absolute Gasteiger partial charge is 0.325 e. The number of amides is 2. The molecule has 0 spiro atoms. The second-order valence-electron chi connectivity index (χ2n) is 6.19. The van der Waals surface area contributed by atoms with Crippen LogP contribution >= 0.6 is 0 Å². The molecule has 1 aromatic heterocycles. The van der Waals surface area contributed by atoms with Crippen LogP contribution in [0.5, 0.6) is 0 Å². The quantitative estimate of drug-likeness (QED) is 0.892. The molecule has 1 N–H and O–H groups in total. The molecule has 4 nitrogen and oxygen atoms in total. The van der Waals surface area contributed by atoms with Crippen LogP contribution in [0.3, 0.4) is 0 Å². The Morgan fingerprint density at radius 2 is 1.96 bits per heavy atom. The number of carbonyl (C=O) groups is 1. The van der Waals surface area contributed by atoms with Gasteiger partial charge in [-0.1, -0.05) is 6.92 Å². The van der Waals surface area contributed by atoms with Crippen molar-refractivity contribution in [1.29, 1.82) is 0 Å². The molecule has 1 fully saturated rings. The summed E-state index contributed by atoms with van der Waals surface area (Å²) >= 11 is 0. The van der Waals surface area contributed by atoms with E-state index >= 15 is 0 Å². The van der Waals surface area contributed by atoms with Gasteiger partial charge < -0.3 is 10.2 Å². The molecule has 0 bridgehead atoms. The Morgan fingerprint density at radius 3 is 2.67 bits per heavy atom. The summed E-state index contributed by atoms with van der Waals surface area (Å²) in [6.45, 7) is 3.61. The van der Waals surface area contributed by atoms with E-state index in [0.717, 1.165) is 32.1 Å². The zero-order valence-corrected chi connectivity index (χ0v) is 13.4. The van der Waals surface area contributed by atoms with E-state index in [0.29, 0.717) is 17.2 Å². The highest BCUT2D eigenvalue weighted by atomic mass is 19.1. The molecule has 24 heavy (non-hydrogen) atoms. The number of anilines is 1. The molecule has 1 aliphatic heterocycles. The topological polar surface area (TPSA) is 45.2 Å². The fraction of sp³-hybridized carbons (Fsp3) is 0.333. The van der Waals surface area contributed by atoms with Crippen LogP contribution in [0.25, 0.3) is 11.1 Å². The van der Waals surface area contributed by atoms with Gasteiger partial charge in [0, 0.05) is 36.1 Å². The maximum Gasteiger partial charge on any atom is 0.321 e. The number of nitrogens with zero attached hydrogens (tertiary/aromatic N) is 2. The van der Waals surface area contributed by atoms with Gasteiger partial charge in [0.05, 0.1) is 6.20 Å². The van der Waals surface area contributed by atoms with Gasteiger partial charge in [-0.3, -0.25) is 4.98 Å². The van der Waals surface area contributed by atoms with Crippen molar-refractivity contribution < 1.29 is 13.6 Å². The van der Waals surface area contributed by atoms with Crippen LogP contribution < -0.4 is 5.32 Å². The van der Waals surface area contributed by atoms with Gasteiger partial charge in [-0.05, 0) is 43.0 Å². The van der Waals surface area contributed by atoms with E-state index < -0.39 is 11.6 Å². The highest BCUT2D eigenvalue weighted by Crippen LogP contribution is 2.26. The molecule has 0 unspecified atom stereocenters. The number of hydrogen-bond acceptors (Lipinski definition) is 2. The third kappa shape index (κ3) is 3.69. The lowest BCUT2D eigenvalue weighted by Gasteiger charge is -2.30. The number of benzene rings is 1. The molecule has 0 atom stereocenters. The molecule has 1 aliphatic rings. The molecule has 126 valence electrons. The molecular weight excluding hydrogens is 312 g/mol. The summed E-state index contributed by atoms with van der Waals surface area (Å²) < 4.78 is 27.4. The highest BCUT2D eigenvalue weighted by molar-refractivity contribution is 5.90. The molecule has 1 aromatic carbocycles. The van der Waals surface area contributed by atoms with Crippen molar-refractivity contribution in [2.45, 2.75) is 19.8 Å². The Bertz CT molecular complexity index is 743. The van der Waals surface area contributed by atoms with E-state index in [1.54, 1.807) is 4.90 Å². The van der Waals surface area contributed by atoms with Crippen molar-refractivity contribution in [1.82, 2.24) is 9.88 Å². The average molecular weight is 331 g/mol. The predicted octanol–water partition coefficient (Wildman–Crippen LogP) is 4.29. The zero-order valence-electron chi connectivity index (χ0n) is 13.4. The fourth-order valence-corrected chi connectivity index (χ4v) is 2.80. The second kappa shape index (κ2) is 6.95. The van der Waals surface area contributed by atoms with Crippen molar-refractivity contribution in [3.63, 3.8) is 0 Å². The molecule has 1 saturated heterocycles. The maximum atomic E-state index is 14.0. The van der Waals surface area contributed by atoms with Crippen LogP contribution in [0.2, 0.25) is 0 Å². The van der Waals surface area contributed by atoms with Crippen molar-refractivity contribution in [2.75, 3.05) is 18.4 Å². The second-order valence-corrected chi connectivity index (χ2v) is 6.19. The van der Waals surface area contributed by atoms with Gasteiger partial charge >= 0.3 is 6.03 Å². The molecule has 2 heterocycles. The summed E-state index contributed by atoms with van der Waals surface area (Å²) in [7, 11) is 0. The molecule has 3 rings (SSSR count). The smallest absolute Gasteiger partial charge is 0.321 e.